The number of rotatable bonds is 4. The van der Waals surface area contributed by atoms with E-state index in [9.17, 15) is 4.79 Å². The molecule has 4 nitrogen and oxygen atoms in total. The lowest BCUT2D eigenvalue weighted by atomic mass is 10.1. The lowest BCUT2D eigenvalue weighted by Crippen LogP contribution is -2.42. The van der Waals surface area contributed by atoms with Gasteiger partial charge in [0.2, 0.25) is 0 Å². The van der Waals surface area contributed by atoms with Gasteiger partial charge in [-0.15, -0.1) is 0 Å². The number of piperidine rings is 1. The molecule has 0 radical (unpaired) electrons. The van der Waals surface area contributed by atoms with Gasteiger partial charge < -0.3 is 10.0 Å². The molecule has 0 saturated carbocycles. The van der Waals surface area contributed by atoms with Crippen LogP contribution in [0.3, 0.4) is 0 Å². The minimum Gasteiger partial charge on any atom is -0.480 e. The van der Waals surface area contributed by atoms with Crippen LogP contribution in [0.4, 0.5) is 0 Å². The second-order valence-electron chi connectivity index (χ2n) is 4.93. The standard InChI is InChI=1S/C12H22N2O2/c15-12(16)11-5-4-8-14(11)10-9-13-6-2-1-3-7-13/h11H,1-10H2,(H,15,16). The Labute approximate surface area is 97.2 Å². The van der Waals surface area contributed by atoms with Crippen LogP contribution >= 0.6 is 0 Å². The van der Waals surface area contributed by atoms with E-state index in [4.69, 9.17) is 5.11 Å². The summed E-state index contributed by atoms with van der Waals surface area (Å²) in [6.45, 7) is 5.34. The summed E-state index contributed by atoms with van der Waals surface area (Å²) in [5, 5.41) is 9.07. The van der Waals surface area contributed by atoms with Gasteiger partial charge in [-0.3, -0.25) is 9.69 Å². The molecule has 2 heterocycles. The summed E-state index contributed by atoms with van der Waals surface area (Å²) in [6.07, 6.45) is 5.84. The number of likely N-dealkylation sites (tertiary alicyclic amines) is 2. The van der Waals surface area contributed by atoms with Crippen LogP contribution in [-0.2, 0) is 4.79 Å². The Hall–Kier alpha value is -0.610. The highest BCUT2D eigenvalue weighted by molar-refractivity contribution is 5.73. The number of nitrogens with zero attached hydrogens (tertiary/aromatic N) is 2. The number of carboxylic acids is 1. The molecule has 0 aromatic rings. The molecule has 2 fully saturated rings. The Kier molecular flexibility index (Phi) is 4.18. The van der Waals surface area contributed by atoms with Gasteiger partial charge in [0, 0.05) is 13.1 Å². The topological polar surface area (TPSA) is 43.8 Å². The third-order valence-electron chi connectivity index (χ3n) is 3.80. The van der Waals surface area contributed by atoms with Crippen LogP contribution in [0.25, 0.3) is 0 Å². The average Bonchev–Trinajstić information content (AvgIpc) is 2.76. The molecule has 2 saturated heterocycles. The molecule has 0 bridgehead atoms. The summed E-state index contributed by atoms with van der Waals surface area (Å²) in [6, 6.07) is -0.218. The molecule has 2 rings (SSSR count). The molecule has 1 atom stereocenters. The minimum atomic E-state index is -0.642. The molecule has 2 aliphatic heterocycles. The molecule has 92 valence electrons. The zero-order chi connectivity index (χ0) is 11.4. The van der Waals surface area contributed by atoms with Crippen molar-refractivity contribution in [3.05, 3.63) is 0 Å². The van der Waals surface area contributed by atoms with Crippen molar-refractivity contribution >= 4 is 5.97 Å². The Morgan fingerprint density at radius 2 is 1.81 bits per heavy atom. The summed E-state index contributed by atoms with van der Waals surface area (Å²) in [7, 11) is 0. The van der Waals surface area contributed by atoms with Crippen molar-refractivity contribution in [1.82, 2.24) is 9.80 Å². The second-order valence-corrected chi connectivity index (χ2v) is 4.93. The van der Waals surface area contributed by atoms with E-state index >= 15 is 0 Å². The molecular formula is C12H22N2O2. The lowest BCUT2D eigenvalue weighted by Gasteiger charge is -2.29. The summed E-state index contributed by atoms with van der Waals surface area (Å²) in [5.74, 6) is -0.642. The van der Waals surface area contributed by atoms with Gasteiger partial charge >= 0.3 is 5.97 Å². The van der Waals surface area contributed by atoms with Gasteiger partial charge in [-0.2, -0.15) is 0 Å². The predicted octanol–water partition coefficient (Wildman–Crippen LogP) is 1.02. The zero-order valence-corrected chi connectivity index (χ0v) is 9.90. The molecule has 1 N–H and O–H groups in total. The Morgan fingerprint density at radius 3 is 2.50 bits per heavy atom. The SMILES string of the molecule is O=C(O)C1CCCN1CCN1CCCCC1. The van der Waals surface area contributed by atoms with Gasteiger partial charge in [-0.25, -0.2) is 0 Å². The van der Waals surface area contributed by atoms with Crippen molar-refractivity contribution in [1.29, 1.82) is 0 Å². The van der Waals surface area contributed by atoms with Gasteiger partial charge in [0.05, 0.1) is 0 Å². The van der Waals surface area contributed by atoms with E-state index in [0.29, 0.717) is 0 Å². The highest BCUT2D eigenvalue weighted by Gasteiger charge is 2.30. The van der Waals surface area contributed by atoms with E-state index in [1.807, 2.05) is 0 Å². The van der Waals surface area contributed by atoms with E-state index in [2.05, 4.69) is 9.80 Å². The molecule has 2 aliphatic rings. The molecule has 0 aromatic carbocycles. The highest BCUT2D eigenvalue weighted by Crippen LogP contribution is 2.17. The van der Waals surface area contributed by atoms with Crippen LogP contribution in [0.5, 0.6) is 0 Å². The number of hydrogen-bond donors (Lipinski definition) is 1. The minimum absolute atomic E-state index is 0.218. The number of carbonyl (C=O) groups is 1. The van der Waals surface area contributed by atoms with Crippen LogP contribution in [0.15, 0.2) is 0 Å². The Balaban J connectivity index is 1.73. The molecule has 0 spiro atoms. The first-order chi connectivity index (χ1) is 7.77. The number of hydrogen-bond acceptors (Lipinski definition) is 3. The van der Waals surface area contributed by atoms with E-state index < -0.39 is 5.97 Å². The molecule has 0 aliphatic carbocycles. The fourth-order valence-electron chi connectivity index (χ4n) is 2.83. The van der Waals surface area contributed by atoms with Crippen LogP contribution in [0, 0.1) is 0 Å². The summed E-state index contributed by atoms with van der Waals surface area (Å²) in [5.41, 5.74) is 0. The normalized spacial score (nSPS) is 28.4. The monoisotopic (exact) mass is 226 g/mol. The Morgan fingerprint density at radius 1 is 1.06 bits per heavy atom. The molecule has 0 aromatic heterocycles. The third kappa shape index (κ3) is 2.95. The average molecular weight is 226 g/mol. The zero-order valence-electron chi connectivity index (χ0n) is 9.90. The maximum absolute atomic E-state index is 11.0. The van der Waals surface area contributed by atoms with Crippen LogP contribution in [-0.4, -0.2) is 59.6 Å². The number of carboxylic acid groups (broad SMARTS) is 1. The maximum Gasteiger partial charge on any atom is 0.320 e. The summed E-state index contributed by atoms with van der Waals surface area (Å²) < 4.78 is 0. The predicted molar refractivity (Wildman–Crippen MR) is 62.5 cm³/mol. The summed E-state index contributed by atoms with van der Waals surface area (Å²) >= 11 is 0. The van der Waals surface area contributed by atoms with Crippen LogP contribution < -0.4 is 0 Å². The fraction of sp³-hybridized carbons (Fsp3) is 0.917. The third-order valence-corrected chi connectivity index (χ3v) is 3.80. The van der Waals surface area contributed by atoms with Gasteiger partial charge in [0.1, 0.15) is 6.04 Å². The van der Waals surface area contributed by atoms with Crippen molar-refractivity contribution in [2.45, 2.75) is 38.1 Å². The fourth-order valence-corrected chi connectivity index (χ4v) is 2.83. The second kappa shape index (κ2) is 5.64. The van der Waals surface area contributed by atoms with Gasteiger partial charge in [0.25, 0.3) is 0 Å². The van der Waals surface area contributed by atoms with Crippen molar-refractivity contribution in [2.75, 3.05) is 32.7 Å². The smallest absolute Gasteiger partial charge is 0.320 e. The Bertz CT molecular complexity index is 239. The van der Waals surface area contributed by atoms with Gasteiger partial charge in [-0.1, -0.05) is 6.42 Å². The number of aliphatic carboxylic acids is 1. The quantitative estimate of drug-likeness (QED) is 0.777. The van der Waals surface area contributed by atoms with Crippen molar-refractivity contribution in [3.63, 3.8) is 0 Å². The molecular weight excluding hydrogens is 204 g/mol. The molecule has 0 amide bonds. The van der Waals surface area contributed by atoms with Gasteiger partial charge in [-0.05, 0) is 45.3 Å². The van der Waals surface area contributed by atoms with E-state index in [0.717, 1.165) is 32.5 Å². The maximum atomic E-state index is 11.0. The van der Waals surface area contributed by atoms with Crippen LogP contribution in [0.2, 0.25) is 0 Å². The summed E-state index contributed by atoms with van der Waals surface area (Å²) in [4.78, 5) is 15.6. The van der Waals surface area contributed by atoms with Crippen molar-refractivity contribution in [2.24, 2.45) is 0 Å². The first-order valence-corrected chi connectivity index (χ1v) is 6.46. The first-order valence-electron chi connectivity index (χ1n) is 6.46. The van der Waals surface area contributed by atoms with Crippen LogP contribution in [0.1, 0.15) is 32.1 Å². The van der Waals surface area contributed by atoms with Gasteiger partial charge in [0.15, 0.2) is 0 Å². The lowest BCUT2D eigenvalue weighted by molar-refractivity contribution is -0.142. The van der Waals surface area contributed by atoms with E-state index in [-0.39, 0.29) is 6.04 Å². The van der Waals surface area contributed by atoms with Crippen molar-refractivity contribution < 1.29 is 9.90 Å². The van der Waals surface area contributed by atoms with E-state index in [1.54, 1.807) is 0 Å². The van der Waals surface area contributed by atoms with E-state index in [1.165, 1.54) is 32.4 Å². The molecule has 16 heavy (non-hydrogen) atoms. The largest absolute Gasteiger partial charge is 0.480 e. The van der Waals surface area contributed by atoms with Crippen molar-refractivity contribution in [3.8, 4) is 0 Å². The molecule has 1 unspecified atom stereocenters. The highest BCUT2D eigenvalue weighted by atomic mass is 16.4. The first kappa shape index (κ1) is 11.9. The molecule has 4 heteroatoms.